The van der Waals surface area contributed by atoms with Gasteiger partial charge < -0.3 is 9.47 Å². The summed E-state index contributed by atoms with van der Waals surface area (Å²) in [5, 5.41) is 0. The van der Waals surface area contributed by atoms with Crippen molar-refractivity contribution in [3.63, 3.8) is 0 Å². The first-order valence-corrected chi connectivity index (χ1v) is 4.64. The Kier molecular flexibility index (Phi) is 4.97. The van der Waals surface area contributed by atoms with Gasteiger partial charge in [0, 0.05) is 7.11 Å². The zero-order chi connectivity index (χ0) is 10.2. The molecule has 1 aromatic carbocycles. The van der Waals surface area contributed by atoms with Crippen molar-refractivity contribution < 1.29 is 9.47 Å². The maximum absolute atomic E-state index is 5.47. The third-order valence-electron chi connectivity index (χ3n) is 1.96. The number of hydrogen-bond donors (Lipinski definition) is 0. The summed E-state index contributed by atoms with van der Waals surface area (Å²) < 4.78 is 10.6. The van der Waals surface area contributed by atoms with E-state index in [0.29, 0.717) is 13.2 Å². The molecule has 0 spiro atoms. The second kappa shape index (κ2) is 6.35. The van der Waals surface area contributed by atoms with Gasteiger partial charge in [0.15, 0.2) is 0 Å². The van der Waals surface area contributed by atoms with Gasteiger partial charge in [0.05, 0.1) is 19.3 Å². The predicted octanol–water partition coefficient (Wildman–Crippen LogP) is 2.40. The van der Waals surface area contributed by atoms with Crippen LogP contribution in [-0.4, -0.2) is 19.8 Å². The molecule has 76 valence electrons. The number of benzene rings is 1. The van der Waals surface area contributed by atoms with Crippen LogP contribution in [0.1, 0.15) is 5.56 Å². The van der Waals surface area contributed by atoms with Crippen LogP contribution in [0.5, 0.6) is 0 Å². The van der Waals surface area contributed by atoms with Gasteiger partial charge in [-0.3, -0.25) is 0 Å². The fourth-order valence-electron chi connectivity index (χ4n) is 1.10. The first kappa shape index (κ1) is 11.0. The Morgan fingerprint density at radius 1 is 1.36 bits per heavy atom. The van der Waals surface area contributed by atoms with E-state index in [1.807, 2.05) is 30.3 Å². The highest BCUT2D eigenvalue weighted by Crippen LogP contribution is 2.01. The fraction of sp³-hybridized carbons (Fsp3) is 0.333. The second-order valence-electron chi connectivity index (χ2n) is 3.01. The molecule has 1 aromatic rings. The molecule has 0 aromatic heterocycles. The molecule has 0 heterocycles. The number of methoxy groups -OCH3 is 1. The van der Waals surface area contributed by atoms with Gasteiger partial charge in [-0.2, -0.15) is 0 Å². The highest BCUT2D eigenvalue weighted by atomic mass is 16.5. The molecule has 1 atom stereocenters. The highest BCUT2D eigenvalue weighted by molar-refractivity contribution is 5.13. The molecule has 0 aliphatic carbocycles. The standard InChI is InChI=1S/C12H16O2/c1-3-12(13-2)10-14-9-11-7-5-4-6-8-11/h3-8,12H,1,9-10H2,2H3/t12-/m0/s1. The molecular formula is C12H16O2. The van der Waals surface area contributed by atoms with Crippen LogP contribution >= 0.6 is 0 Å². The molecule has 0 aliphatic heterocycles. The number of rotatable bonds is 6. The van der Waals surface area contributed by atoms with Crippen LogP contribution in [-0.2, 0) is 16.1 Å². The average molecular weight is 192 g/mol. The third kappa shape index (κ3) is 3.73. The van der Waals surface area contributed by atoms with Gasteiger partial charge in [0.25, 0.3) is 0 Å². The number of hydrogen-bond acceptors (Lipinski definition) is 2. The van der Waals surface area contributed by atoms with Crippen LogP contribution in [0.15, 0.2) is 43.0 Å². The van der Waals surface area contributed by atoms with E-state index in [0.717, 1.165) is 0 Å². The minimum absolute atomic E-state index is 0.0151. The molecule has 0 saturated heterocycles. The van der Waals surface area contributed by atoms with Crippen molar-refractivity contribution in [2.24, 2.45) is 0 Å². The monoisotopic (exact) mass is 192 g/mol. The molecule has 0 aliphatic rings. The lowest BCUT2D eigenvalue weighted by Gasteiger charge is -2.10. The van der Waals surface area contributed by atoms with E-state index in [2.05, 4.69) is 6.58 Å². The van der Waals surface area contributed by atoms with Crippen LogP contribution in [0.4, 0.5) is 0 Å². The molecule has 0 fully saturated rings. The summed E-state index contributed by atoms with van der Waals surface area (Å²) >= 11 is 0. The average Bonchev–Trinajstić information content (AvgIpc) is 2.26. The molecule has 0 unspecified atom stereocenters. The Bertz CT molecular complexity index is 256. The quantitative estimate of drug-likeness (QED) is 0.644. The largest absolute Gasteiger partial charge is 0.375 e. The van der Waals surface area contributed by atoms with Gasteiger partial charge in [0.2, 0.25) is 0 Å². The highest BCUT2D eigenvalue weighted by Gasteiger charge is 2.01. The van der Waals surface area contributed by atoms with Crippen LogP contribution in [0.25, 0.3) is 0 Å². The van der Waals surface area contributed by atoms with Crippen LogP contribution < -0.4 is 0 Å². The minimum atomic E-state index is -0.0151. The Hall–Kier alpha value is -1.12. The maximum Gasteiger partial charge on any atom is 0.0983 e. The van der Waals surface area contributed by atoms with E-state index in [-0.39, 0.29) is 6.10 Å². The van der Waals surface area contributed by atoms with Crippen molar-refractivity contribution in [3.8, 4) is 0 Å². The smallest absolute Gasteiger partial charge is 0.0983 e. The fourth-order valence-corrected chi connectivity index (χ4v) is 1.10. The molecule has 0 bridgehead atoms. The summed E-state index contributed by atoms with van der Waals surface area (Å²) in [7, 11) is 1.65. The maximum atomic E-state index is 5.47. The second-order valence-corrected chi connectivity index (χ2v) is 3.01. The van der Waals surface area contributed by atoms with Crippen molar-refractivity contribution in [1.82, 2.24) is 0 Å². The molecule has 1 rings (SSSR count). The van der Waals surface area contributed by atoms with Gasteiger partial charge in [-0.1, -0.05) is 36.4 Å². The molecule has 0 radical (unpaired) electrons. The summed E-state index contributed by atoms with van der Waals surface area (Å²) in [6.07, 6.45) is 1.73. The van der Waals surface area contributed by atoms with Crippen LogP contribution in [0.3, 0.4) is 0 Å². The summed E-state index contributed by atoms with van der Waals surface area (Å²) in [5.41, 5.74) is 1.17. The predicted molar refractivity (Wildman–Crippen MR) is 57.1 cm³/mol. The lowest BCUT2D eigenvalue weighted by Crippen LogP contribution is -2.14. The van der Waals surface area contributed by atoms with E-state index < -0.39 is 0 Å². The SMILES string of the molecule is C=C[C@@H](COCc1ccccc1)OC. The first-order valence-electron chi connectivity index (χ1n) is 4.64. The molecule has 2 heteroatoms. The Labute approximate surface area is 85.2 Å². The van der Waals surface area contributed by atoms with E-state index in [1.54, 1.807) is 13.2 Å². The molecule has 0 amide bonds. The van der Waals surface area contributed by atoms with Gasteiger partial charge in [-0.05, 0) is 5.56 Å². The molecule has 0 N–H and O–H groups in total. The summed E-state index contributed by atoms with van der Waals surface area (Å²) in [5.74, 6) is 0. The first-order chi connectivity index (χ1) is 6.86. The normalized spacial score (nSPS) is 12.4. The van der Waals surface area contributed by atoms with Crippen LogP contribution in [0.2, 0.25) is 0 Å². The minimum Gasteiger partial charge on any atom is -0.375 e. The summed E-state index contributed by atoms with van der Waals surface area (Å²) in [4.78, 5) is 0. The van der Waals surface area contributed by atoms with E-state index in [4.69, 9.17) is 9.47 Å². The van der Waals surface area contributed by atoms with Crippen molar-refractivity contribution >= 4 is 0 Å². The van der Waals surface area contributed by atoms with Gasteiger partial charge >= 0.3 is 0 Å². The van der Waals surface area contributed by atoms with E-state index in [1.165, 1.54) is 5.56 Å². The number of ether oxygens (including phenoxy) is 2. The lowest BCUT2D eigenvalue weighted by atomic mass is 10.2. The summed E-state index contributed by atoms with van der Waals surface area (Å²) in [6.45, 7) is 4.82. The van der Waals surface area contributed by atoms with Crippen molar-refractivity contribution in [1.29, 1.82) is 0 Å². The molecule has 0 saturated carbocycles. The van der Waals surface area contributed by atoms with Gasteiger partial charge in [-0.15, -0.1) is 6.58 Å². The zero-order valence-electron chi connectivity index (χ0n) is 8.48. The molecular weight excluding hydrogens is 176 g/mol. The van der Waals surface area contributed by atoms with Crippen molar-refractivity contribution in [2.45, 2.75) is 12.7 Å². The Morgan fingerprint density at radius 3 is 2.64 bits per heavy atom. The topological polar surface area (TPSA) is 18.5 Å². The summed E-state index contributed by atoms with van der Waals surface area (Å²) in [6, 6.07) is 10.1. The Morgan fingerprint density at radius 2 is 2.07 bits per heavy atom. The lowest BCUT2D eigenvalue weighted by molar-refractivity contribution is 0.0259. The van der Waals surface area contributed by atoms with Crippen molar-refractivity contribution in [2.75, 3.05) is 13.7 Å². The van der Waals surface area contributed by atoms with Gasteiger partial charge in [-0.25, -0.2) is 0 Å². The Balaban J connectivity index is 2.25. The van der Waals surface area contributed by atoms with E-state index in [9.17, 15) is 0 Å². The zero-order valence-corrected chi connectivity index (χ0v) is 8.48. The third-order valence-corrected chi connectivity index (χ3v) is 1.96. The molecule has 14 heavy (non-hydrogen) atoms. The van der Waals surface area contributed by atoms with E-state index >= 15 is 0 Å². The van der Waals surface area contributed by atoms with Crippen LogP contribution in [0, 0.1) is 0 Å². The van der Waals surface area contributed by atoms with Gasteiger partial charge in [0.1, 0.15) is 0 Å². The van der Waals surface area contributed by atoms with Crippen molar-refractivity contribution in [3.05, 3.63) is 48.6 Å². The molecule has 2 nitrogen and oxygen atoms in total.